The van der Waals surface area contributed by atoms with Gasteiger partial charge >= 0.3 is 0 Å². The van der Waals surface area contributed by atoms with Crippen molar-refractivity contribution in [2.45, 2.75) is 284 Å². The molecule has 64 heavy (non-hydrogen) atoms. The molecule has 0 aromatic carbocycles. The first kappa shape index (κ1) is 48.8. The van der Waals surface area contributed by atoms with E-state index in [1.165, 1.54) is 180 Å². The molecule has 9 aliphatic rings. The zero-order chi connectivity index (χ0) is 44.5. The van der Waals surface area contributed by atoms with E-state index in [-0.39, 0.29) is 0 Å². The fourth-order valence-corrected chi connectivity index (χ4v) is 20.7. The number of unbranched alkanes of at least 4 members (excludes halogenated alkanes) is 4. The fraction of sp³-hybridized carbons (Fsp3) is 1.00. The van der Waals surface area contributed by atoms with E-state index in [1.807, 2.05) is 0 Å². The van der Waals surface area contributed by atoms with Gasteiger partial charge in [0.15, 0.2) is 0 Å². The maximum absolute atomic E-state index is 4.83. The van der Waals surface area contributed by atoms with Crippen molar-refractivity contribution >= 4 is 0 Å². The van der Waals surface area contributed by atoms with Gasteiger partial charge in [0.25, 0.3) is 0 Å². The summed E-state index contributed by atoms with van der Waals surface area (Å²) in [6.07, 6.45) is 40.5. The highest BCUT2D eigenvalue weighted by atomic mass is 15.2. The molecule has 24 unspecified atom stereocenters. The van der Waals surface area contributed by atoms with Gasteiger partial charge in [-0.25, -0.2) is 0 Å². The van der Waals surface area contributed by atoms with Gasteiger partial charge in [0.1, 0.15) is 0 Å². The molecule has 0 aromatic rings. The van der Waals surface area contributed by atoms with Crippen LogP contribution in [-0.2, 0) is 0 Å². The van der Waals surface area contributed by atoms with Gasteiger partial charge in [-0.1, -0.05) is 184 Å². The number of nitrogens with one attached hydrogen (secondary N) is 4. The van der Waals surface area contributed by atoms with Crippen molar-refractivity contribution in [1.29, 1.82) is 0 Å². The van der Waals surface area contributed by atoms with Gasteiger partial charge in [0.2, 0.25) is 0 Å². The first-order valence-electron chi connectivity index (χ1n) is 30.5. The highest BCUT2D eigenvalue weighted by molar-refractivity contribution is 5.21. The van der Waals surface area contributed by atoms with Crippen LogP contribution >= 0.6 is 0 Å². The summed E-state index contributed by atoms with van der Waals surface area (Å²) in [6.45, 7) is 20.3. The van der Waals surface area contributed by atoms with E-state index in [1.54, 1.807) is 0 Å². The number of rotatable bonds is 20. The van der Waals surface area contributed by atoms with E-state index in [0.29, 0.717) is 48.3 Å². The highest BCUT2D eigenvalue weighted by Gasteiger charge is 2.66. The summed E-state index contributed by atoms with van der Waals surface area (Å²) in [4.78, 5) is 0. The molecule has 4 aliphatic carbocycles. The molecule has 4 heteroatoms. The molecular formula is C60H108N4. The average Bonchev–Trinajstić information content (AvgIpc) is 4.10. The third-order valence-corrected chi connectivity index (χ3v) is 23.0. The number of hydrogen-bond acceptors (Lipinski definition) is 4. The normalized spacial score (nSPS) is 46.5. The summed E-state index contributed by atoms with van der Waals surface area (Å²) in [5.74, 6) is 14.4. The SMILES string of the molecule is CCCCC(CC)C1C2CCC3NC4C5NC(CCC6NC7C(N2)C1C1CCCCC1C7C6C(CC)CCCC)C(C(CC)CCCC)C5C1CCCCC1C4C3C(CC)CCCC. The molecule has 5 aliphatic heterocycles. The van der Waals surface area contributed by atoms with Crippen LogP contribution in [0.25, 0.3) is 0 Å². The van der Waals surface area contributed by atoms with Crippen LogP contribution in [0.3, 0.4) is 0 Å². The number of fused-ring (bicyclic) bond motifs is 10. The molecule has 0 amide bonds. The van der Waals surface area contributed by atoms with E-state index in [4.69, 9.17) is 21.3 Å². The molecule has 0 radical (unpaired) electrons. The Morgan fingerprint density at radius 2 is 0.531 bits per heavy atom. The molecule has 24 atom stereocenters. The predicted molar refractivity (Wildman–Crippen MR) is 273 cm³/mol. The van der Waals surface area contributed by atoms with Crippen LogP contribution < -0.4 is 21.3 Å². The average molecular weight is 886 g/mol. The summed E-state index contributed by atoms with van der Waals surface area (Å²) < 4.78 is 0. The molecule has 368 valence electrons. The van der Waals surface area contributed by atoms with Gasteiger partial charge in [0.05, 0.1) is 0 Å². The minimum atomic E-state index is 0.686. The van der Waals surface area contributed by atoms with Crippen LogP contribution in [0.4, 0.5) is 0 Å². The molecule has 8 bridgehead atoms. The minimum Gasteiger partial charge on any atom is -0.309 e. The van der Waals surface area contributed by atoms with Crippen LogP contribution in [0.5, 0.6) is 0 Å². The lowest BCUT2D eigenvalue weighted by Gasteiger charge is -2.53. The van der Waals surface area contributed by atoms with Crippen LogP contribution in [0.15, 0.2) is 0 Å². The van der Waals surface area contributed by atoms with E-state index >= 15 is 0 Å². The topological polar surface area (TPSA) is 48.1 Å². The lowest BCUT2D eigenvalue weighted by molar-refractivity contribution is -0.0229. The largest absolute Gasteiger partial charge is 0.309 e. The van der Waals surface area contributed by atoms with Gasteiger partial charge in [-0.3, -0.25) is 0 Å². The van der Waals surface area contributed by atoms with Gasteiger partial charge in [-0.2, -0.15) is 0 Å². The Morgan fingerprint density at radius 1 is 0.312 bits per heavy atom. The smallest absolute Gasteiger partial charge is 0.0261 e. The Balaban J connectivity index is 1.17. The molecule has 9 fully saturated rings. The molecule has 0 spiro atoms. The fourth-order valence-electron chi connectivity index (χ4n) is 20.7. The Labute approximate surface area is 397 Å². The Kier molecular flexibility index (Phi) is 17.0. The summed E-state index contributed by atoms with van der Waals surface area (Å²) in [5, 5.41) is 19.3. The third kappa shape index (κ3) is 8.96. The van der Waals surface area contributed by atoms with Gasteiger partial charge in [-0.15, -0.1) is 0 Å². The van der Waals surface area contributed by atoms with Crippen molar-refractivity contribution < 1.29 is 0 Å². The second-order valence-electron chi connectivity index (χ2n) is 25.4. The third-order valence-electron chi connectivity index (χ3n) is 23.0. The van der Waals surface area contributed by atoms with E-state index < -0.39 is 0 Å². The molecule has 9 rings (SSSR count). The van der Waals surface area contributed by atoms with Crippen molar-refractivity contribution in [1.82, 2.24) is 21.3 Å². The minimum absolute atomic E-state index is 0.686. The summed E-state index contributed by atoms with van der Waals surface area (Å²) in [7, 11) is 0. The molecule has 4 nitrogen and oxygen atoms in total. The molecular weight excluding hydrogens is 777 g/mol. The van der Waals surface area contributed by atoms with Crippen LogP contribution in [0.1, 0.15) is 235 Å². The zero-order valence-corrected chi connectivity index (χ0v) is 43.7. The van der Waals surface area contributed by atoms with Gasteiger partial charge in [-0.05, 0) is 146 Å². The van der Waals surface area contributed by atoms with E-state index in [2.05, 4.69) is 55.4 Å². The van der Waals surface area contributed by atoms with Crippen molar-refractivity contribution in [3.05, 3.63) is 0 Å². The van der Waals surface area contributed by atoms with E-state index in [9.17, 15) is 0 Å². The monoisotopic (exact) mass is 885 g/mol. The van der Waals surface area contributed by atoms with Crippen molar-refractivity contribution in [2.75, 3.05) is 0 Å². The second-order valence-corrected chi connectivity index (χ2v) is 25.4. The maximum atomic E-state index is 4.83. The predicted octanol–water partition coefficient (Wildman–Crippen LogP) is 14.4. The van der Waals surface area contributed by atoms with Crippen LogP contribution in [-0.4, -0.2) is 48.3 Å². The quantitative estimate of drug-likeness (QED) is 0.0984. The highest BCUT2D eigenvalue weighted by Crippen LogP contribution is 2.63. The molecule has 4 saturated carbocycles. The first-order valence-corrected chi connectivity index (χ1v) is 30.5. The molecule has 0 aromatic heterocycles. The maximum Gasteiger partial charge on any atom is 0.0261 e. The zero-order valence-electron chi connectivity index (χ0n) is 43.7. The molecule has 5 heterocycles. The Morgan fingerprint density at radius 3 is 0.719 bits per heavy atom. The van der Waals surface area contributed by atoms with Crippen LogP contribution in [0, 0.1) is 94.7 Å². The lowest BCUT2D eigenvalue weighted by atomic mass is 9.51. The number of hydrogen-bond donors (Lipinski definition) is 4. The first-order chi connectivity index (χ1) is 31.5. The van der Waals surface area contributed by atoms with Gasteiger partial charge < -0.3 is 21.3 Å². The van der Waals surface area contributed by atoms with Crippen molar-refractivity contribution in [2.24, 2.45) is 94.7 Å². The summed E-state index contributed by atoms with van der Waals surface area (Å²) in [6, 6.07) is 5.54. The van der Waals surface area contributed by atoms with Gasteiger partial charge in [0, 0.05) is 48.3 Å². The van der Waals surface area contributed by atoms with E-state index in [0.717, 1.165) is 94.7 Å². The lowest BCUT2D eigenvalue weighted by Crippen LogP contribution is -2.59. The summed E-state index contributed by atoms with van der Waals surface area (Å²) in [5.41, 5.74) is 0. The Bertz CT molecular complexity index is 1210. The van der Waals surface area contributed by atoms with Crippen molar-refractivity contribution in [3.8, 4) is 0 Å². The Hall–Kier alpha value is -0.160. The molecule has 5 saturated heterocycles. The standard InChI is InChI=1S/C60H108N4/c1-9-17-25-37(13-5)49-45-33-34-46-50(38(14-6)26-18-10-2)55-43-31-23-24-32-44(43)56-52(40(16-8)28-20-12-4)48(64-60(56)59(55)63-46)36-35-47-51(39(15-7)27-19-11-3)54-42-30-22-21-29-41(42)53(49)57(61-45)58(54)62-47/h37-64H,9-36H2,1-8H3. The van der Waals surface area contributed by atoms with Crippen LogP contribution in [0.2, 0.25) is 0 Å². The second kappa shape index (κ2) is 22.3. The summed E-state index contributed by atoms with van der Waals surface area (Å²) >= 11 is 0. The van der Waals surface area contributed by atoms with Crippen molar-refractivity contribution in [3.63, 3.8) is 0 Å². The molecule has 4 N–H and O–H groups in total.